The van der Waals surface area contributed by atoms with Crippen molar-refractivity contribution in [3.8, 4) is 0 Å². The van der Waals surface area contributed by atoms with Crippen molar-refractivity contribution in [2.24, 2.45) is 0 Å². The summed E-state index contributed by atoms with van der Waals surface area (Å²) in [7, 11) is 0. The Labute approximate surface area is 101 Å². The number of nitrogens with one attached hydrogen (secondary N) is 1. The molecule has 1 aromatic carbocycles. The number of anilines is 1. The molecule has 1 aromatic rings. The van der Waals surface area contributed by atoms with E-state index in [0.717, 1.165) is 30.6 Å². The summed E-state index contributed by atoms with van der Waals surface area (Å²) in [4.78, 5) is 2.17. The first kappa shape index (κ1) is 11.4. The molecular weight excluding hydrogens is 220 g/mol. The molecule has 0 aliphatic carbocycles. The van der Waals surface area contributed by atoms with Crippen molar-refractivity contribution >= 4 is 23.0 Å². The monoisotopic (exact) mass is 236 g/mol. The Bertz CT molecular complexity index is 355. The van der Waals surface area contributed by atoms with Gasteiger partial charge in [0.1, 0.15) is 0 Å². The maximum Gasteiger partial charge on any atom is 0.173 e. The van der Waals surface area contributed by atoms with E-state index in [1.54, 1.807) is 0 Å². The first-order valence-electron chi connectivity index (χ1n) is 5.48. The predicted octanol–water partition coefficient (Wildman–Crippen LogP) is 2.10. The van der Waals surface area contributed by atoms with Crippen LogP contribution in [-0.2, 0) is 4.74 Å². The zero-order valence-corrected chi connectivity index (χ0v) is 10.2. The molecule has 2 rings (SSSR count). The van der Waals surface area contributed by atoms with Crippen molar-refractivity contribution in [1.82, 2.24) is 4.90 Å². The average Bonchev–Trinajstić information content (AvgIpc) is 2.31. The molecule has 1 N–H and O–H groups in total. The summed E-state index contributed by atoms with van der Waals surface area (Å²) in [5.41, 5.74) is 1.03. The smallest absolute Gasteiger partial charge is 0.173 e. The molecule has 1 aliphatic heterocycles. The van der Waals surface area contributed by atoms with Gasteiger partial charge < -0.3 is 15.0 Å². The lowest BCUT2D eigenvalue weighted by atomic mass is 10.3. The molecule has 3 nitrogen and oxygen atoms in total. The zero-order chi connectivity index (χ0) is 11.4. The molecule has 1 atom stereocenters. The van der Waals surface area contributed by atoms with Crippen molar-refractivity contribution in [2.75, 3.05) is 25.1 Å². The van der Waals surface area contributed by atoms with Crippen molar-refractivity contribution in [3.63, 3.8) is 0 Å². The second-order valence-electron chi connectivity index (χ2n) is 3.91. The number of ether oxygens (including phenoxy) is 1. The fourth-order valence-electron chi connectivity index (χ4n) is 1.75. The van der Waals surface area contributed by atoms with Gasteiger partial charge in [0.25, 0.3) is 0 Å². The molecule has 0 amide bonds. The minimum absolute atomic E-state index is 0.345. The lowest BCUT2D eigenvalue weighted by Crippen LogP contribution is -2.48. The van der Waals surface area contributed by atoms with E-state index >= 15 is 0 Å². The molecule has 4 heteroatoms. The van der Waals surface area contributed by atoms with Crippen LogP contribution >= 0.6 is 12.2 Å². The minimum Gasteiger partial charge on any atom is -0.377 e. The number of hydrogen-bond acceptors (Lipinski definition) is 2. The van der Waals surface area contributed by atoms with E-state index < -0.39 is 0 Å². The van der Waals surface area contributed by atoms with Gasteiger partial charge in [-0.2, -0.15) is 0 Å². The Balaban J connectivity index is 1.97. The van der Waals surface area contributed by atoms with E-state index in [9.17, 15) is 0 Å². The molecule has 0 radical (unpaired) electrons. The van der Waals surface area contributed by atoms with Crippen LogP contribution in [0.1, 0.15) is 6.92 Å². The maximum absolute atomic E-state index is 5.39. The van der Waals surface area contributed by atoms with Gasteiger partial charge in [-0.15, -0.1) is 0 Å². The third-order valence-corrected chi connectivity index (χ3v) is 2.99. The fraction of sp³-hybridized carbons (Fsp3) is 0.417. The van der Waals surface area contributed by atoms with Gasteiger partial charge in [0.05, 0.1) is 19.3 Å². The topological polar surface area (TPSA) is 24.5 Å². The fourth-order valence-corrected chi connectivity index (χ4v) is 2.13. The number of morpholine rings is 1. The zero-order valence-electron chi connectivity index (χ0n) is 9.35. The third kappa shape index (κ3) is 2.71. The Morgan fingerprint density at radius 3 is 2.88 bits per heavy atom. The largest absolute Gasteiger partial charge is 0.377 e. The summed E-state index contributed by atoms with van der Waals surface area (Å²) in [5, 5.41) is 4.02. The van der Waals surface area contributed by atoms with Gasteiger partial charge in [-0.25, -0.2) is 0 Å². The SMILES string of the molecule is CC1COCCN1C(=S)Nc1ccccc1. The van der Waals surface area contributed by atoms with Gasteiger partial charge in [0, 0.05) is 12.2 Å². The highest BCUT2D eigenvalue weighted by Crippen LogP contribution is 2.11. The highest BCUT2D eigenvalue weighted by molar-refractivity contribution is 7.80. The van der Waals surface area contributed by atoms with E-state index in [1.165, 1.54) is 0 Å². The highest BCUT2D eigenvalue weighted by atomic mass is 32.1. The molecule has 0 bridgehead atoms. The van der Waals surface area contributed by atoms with Gasteiger partial charge in [0.2, 0.25) is 0 Å². The van der Waals surface area contributed by atoms with Crippen LogP contribution in [0.5, 0.6) is 0 Å². The van der Waals surface area contributed by atoms with Crippen LogP contribution in [0, 0.1) is 0 Å². The van der Waals surface area contributed by atoms with Crippen LogP contribution < -0.4 is 5.32 Å². The molecule has 1 heterocycles. The summed E-state index contributed by atoms with van der Waals surface area (Å²) in [6, 6.07) is 10.3. The quantitative estimate of drug-likeness (QED) is 0.755. The van der Waals surface area contributed by atoms with Gasteiger partial charge in [-0.3, -0.25) is 0 Å². The van der Waals surface area contributed by atoms with E-state index in [4.69, 9.17) is 17.0 Å². The van der Waals surface area contributed by atoms with Crippen LogP contribution in [-0.4, -0.2) is 35.8 Å². The molecule has 1 saturated heterocycles. The normalized spacial score (nSPS) is 20.6. The molecule has 0 aromatic heterocycles. The van der Waals surface area contributed by atoms with E-state index in [-0.39, 0.29) is 0 Å². The number of hydrogen-bond donors (Lipinski definition) is 1. The Morgan fingerprint density at radius 1 is 1.44 bits per heavy atom. The van der Waals surface area contributed by atoms with Crippen LogP contribution in [0.2, 0.25) is 0 Å². The summed E-state index contributed by atoms with van der Waals surface area (Å²) in [6.07, 6.45) is 0. The number of para-hydroxylation sites is 1. The summed E-state index contributed by atoms with van der Waals surface area (Å²) < 4.78 is 5.38. The standard InChI is InChI=1S/C12H16N2OS/c1-10-9-15-8-7-14(10)12(16)13-11-5-3-2-4-6-11/h2-6,10H,7-9H2,1H3,(H,13,16). The number of thiocarbonyl (C=S) groups is 1. The number of nitrogens with zero attached hydrogens (tertiary/aromatic N) is 1. The first-order chi connectivity index (χ1) is 7.77. The van der Waals surface area contributed by atoms with Crippen LogP contribution in [0.3, 0.4) is 0 Å². The van der Waals surface area contributed by atoms with Crippen molar-refractivity contribution in [2.45, 2.75) is 13.0 Å². The molecule has 1 unspecified atom stereocenters. The van der Waals surface area contributed by atoms with Gasteiger partial charge in [-0.1, -0.05) is 18.2 Å². The maximum atomic E-state index is 5.39. The molecular formula is C12H16N2OS. The van der Waals surface area contributed by atoms with Crippen molar-refractivity contribution in [3.05, 3.63) is 30.3 Å². The molecule has 0 saturated carbocycles. The number of rotatable bonds is 1. The molecule has 16 heavy (non-hydrogen) atoms. The lowest BCUT2D eigenvalue weighted by molar-refractivity contribution is 0.0343. The molecule has 0 spiro atoms. The van der Waals surface area contributed by atoms with Crippen LogP contribution in [0.4, 0.5) is 5.69 Å². The Kier molecular flexibility index (Phi) is 3.74. The second-order valence-corrected chi connectivity index (χ2v) is 4.30. The average molecular weight is 236 g/mol. The van der Waals surface area contributed by atoms with Crippen LogP contribution in [0.15, 0.2) is 30.3 Å². The third-order valence-electron chi connectivity index (χ3n) is 2.65. The summed E-state index contributed by atoms with van der Waals surface area (Å²) in [5.74, 6) is 0. The van der Waals surface area contributed by atoms with Crippen molar-refractivity contribution in [1.29, 1.82) is 0 Å². The van der Waals surface area contributed by atoms with Crippen molar-refractivity contribution < 1.29 is 4.74 Å². The predicted molar refractivity (Wildman–Crippen MR) is 69.6 cm³/mol. The molecule has 86 valence electrons. The van der Waals surface area contributed by atoms with Gasteiger partial charge >= 0.3 is 0 Å². The lowest BCUT2D eigenvalue weighted by Gasteiger charge is -2.35. The van der Waals surface area contributed by atoms with Gasteiger partial charge in [-0.05, 0) is 31.3 Å². The van der Waals surface area contributed by atoms with E-state index in [0.29, 0.717) is 6.04 Å². The Morgan fingerprint density at radius 2 is 2.19 bits per heavy atom. The van der Waals surface area contributed by atoms with E-state index in [1.807, 2.05) is 30.3 Å². The Hall–Kier alpha value is -1.13. The molecule has 1 aliphatic rings. The minimum atomic E-state index is 0.345. The number of benzene rings is 1. The summed E-state index contributed by atoms with van der Waals surface area (Å²) in [6.45, 7) is 4.48. The van der Waals surface area contributed by atoms with Crippen LogP contribution in [0.25, 0.3) is 0 Å². The van der Waals surface area contributed by atoms with E-state index in [2.05, 4.69) is 17.1 Å². The molecule has 1 fully saturated rings. The highest BCUT2D eigenvalue weighted by Gasteiger charge is 2.20. The summed E-state index contributed by atoms with van der Waals surface area (Å²) >= 11 is 5.39. The van der Waals surface area contributed by atoms with Gasteiger partial charge in [0.15, 0.2) is 5.11 Å². The second kappa shape index (κ2) is 5.27. The first-order valence-corrected chi connectivity index (χ1v) is 5.88.